The Kier molecular flexibility index (Phi) is 3.22. The van der Waals surface area contributed by atoms with Crippen molar-refractivity contribution in [2.45, 2.75) is 0 Å². The predicted octanol–water partition coefficient (Wildman–Crippen LogP) is 2.45. The first-order valence-corrected chi connectivity index (χ1v) is 6.29. The molecule has 0 radical (unpaired) electrons. The van der Waals surface area contributed by atoms with Crippen molar-refractivity contribution in [2.75, 3.05) is 0 Å². The van der Waals surface area contributed by atoms with Crippen molar-refractivity contribution in [3.63, 3.8) is 0 Å². The lowest BCUT2D eigenvalue weighted by Crippen LogP contribution is -2.12. The third-order valence-electron chi connectivity index (χ3n) is 2.76. The highest BCUT2D eigenvalue weighted by Crippen LogP contribution is 2.29. The number of hydrogen-bond donors (Lipinski definition) is 1. The standard InChI is InChI=1S/C14H10N4OS/c15-13(20)10-6-8-17-18-14(10)19-12-5-1-4-11-9(12)3-2-7-16-11/h1-8H,(H2,15,20). The Bertz CT molecular complexity index is 785. The molecule has 0 aliphatic rings. The van der Waals surface area contributed by atoms with Crippen molar-refractivity contribution in [1.82, 2.24) is 15.2 Å². The molecule has 0 amide bonds. The molecule has 3 aromatic rings. The number of nitrogens with zero attached hydrogens (tertiary/aromatic N) is 3. The molecule has 0 aliphatic heterocycles. The smallest absolute Gasteiger partial charge is 0.249 e. The van der Waals surface area contributed by atoms with E-state index in [-0.39, 0.29) is 10.9 Å². The molecule has 0 bridgehead atoms. The number of ether oxygens (including phenoxy) is 1. The number of rotatable bonds is 3. The number of thiocarbonyl (C=S) groups is 1. The van der Waals surface area contributed by atoms with E-state index < -0.39 is 0 Å². The summed E-state index contributed by atoms with van der Waals surface area (Å²) in [6, 6.07) is 11.1. The van der Waals surface area contributed by atoms with Gasteiger partial charge in [-0.3, -0.25) is 4.98 Å². The van der Waals surface area contributed by atoms with E-state index >= 15 is 0 Å². The number of aromatic nitrogens is 3. The monoisotopic (exact) mass is 282 g/mol. The van der Waals surface area contributed by atoms with Crippen LogP contribution >= 0.6 is 12.2 Å². The molecule has 1 aromatic carbocycles. The summed E-state index contributed by atoms with van der Waals surface area (Å²) in [5.74, 6) is 0.921. The maximum absolute atomic E-state index is 5.80. The van der Waals surface area contributed by atoms with Gasteiger partial charge in [0.1, 0.15) is 10.7 Å². The summed E-state index contributed by atoms with van der Waals surface area (Å²) in [7, 11) is 0. The normalized spacial score (nSPS) is 10.4. The molecule has 0 atom stereocenters. The third kappa shape index (κ3) is 2.28. The van der Waals surface area contributed by atoms with Crippen LogP contribution in [0.3, 0.4) is 0 Å². The number of benzene rings is 1. The summed E-state index contributed by atoms with van der Waals surface area (Å²) < 4.78 is 5.80. The van der Waals surface area contributed by atoms with Gasteiger partial charge in [-0.05, 0) is 30.3 Å². The second kappa shape index (κ2) is 5.18. The van der Waals surface area contributed by atoms with Crippen LogP contribution in [0.4, 0.5) is 0 Å². The van der Waals surface area contributed by atoms with E-state index in [4.69, 9.17) is 22.7 Å². The molecule has 0 saturated carbocycles. The molecule has 20 heavy (non-hydrogen) atoms. The lowest BCUT2D eigenvalue weighted by atomic mass is 10.2. The maximum Gasteiger partial charge on any atom is 0.249 e. The van der Waals surface area contributed by atoms with Crippen LogP contribution in [0.25, 0.3) is 10.9 Å². The zero-order valence-corrected chi connectivity index (χ0v) is 11.2. The summed E-state index contributed by atoms with van der Waals surface area (Å²) in [5, 5.41) is 8.62. The Balaban J connectivity index is 2.08. The van der Waals surface area contributed by atoms with Crippen LogP contribution in [-0.4, -0.2) is 20.2 Å². The summed E-state index contributed by atoms with van der Waals surface area (Å²) in [6.45, 7) is 0. The van der Waals surface area contributed by atoms with Crippen LogP contribution in [0.2, 0.25) is 0 Å². The van der Waals surface area contributed by atoms with E-state index in [0.717, 1.165) is 10.9 Å². The highest BCUT2D eigenvalue weighted by Gasteiger charge is 2.11. The Labute approximate surface area is 120 Å². The molecule has 0 spiro atoms. The lowest BCUT2D eigenvalue weighted by molar-refractivity contribution is 0.459. The fourth-order valence-electron chi connectivity index (χ4n) is 1.85. The first-order valence-electron chi connectivity index (χ1n) is 5.89. The zero-order valence-electron chi connectivity index (χ0n) is 10.4. The number of nitrogens with two attached hydrogens (primary N) is 1. The Hall–Kier alpha value is -2.60. The van der Waals surface area contributed by atoms with Gasteiger partial charge in [0.25, 0.3) is 0 Å². The molecule has 2 N–H and O–H groups in total. The SMILES string of the molecule is NC(=S)c1ccnnc1Oc1cccc2ncccc12. The van der Waals surface area contributed by atoms with Gasteiger partial charge >= 0.3 is 0 Å². The van der Waals surface area contributed by atoms with Gasteiger partial charge in [0.05, 0.1) is 17.3 Å². The van der Waals surface area contributed by atoms with E-state index in [9.17, 15) is 0 Å². The van der Waals surface area contributed by atoms with Crippen molar-refractivity contribution < 1.29 is 4.74 Å². The quantitative estimate of drug-likeness (QED) is 0.744. The highest BCUT2D eigenvalue weighted by molar-refractivity contribution is 7.80. The fourth-order valence-corrected chi connectivity index (χ4v) is 2.01. The molecule has 2 heterocycles. The van der Waals surface area contributed by atoms with Gasteiger partial charge in [-0.1, -0.05) is 18.3 Å². The largest absolute Gasteiger partial charge is 0.436 e. The molecule has 0 unspecified atom stereocenters. The van der Waals surface area contributed by atoms with Crippen LogP contribution in [-0.2, 0) is 0 Å². The van der Waals surface area contributed by atoms with E-state index in [1.165, 1.54) is 6.20 Å². The average Bonchev–Trinajstić information content (AvgIpc) is 2.48. The molecule has 0 aliphatic carbocycles. The van der Waals surface area contributed by atoms with Crippen molar-refractivity contribution in [3.05, 3.63) is 54.4 Å². The summed E-state index contributed by atoms with van der Waals surface area (Å²) in [4.78, 5) is 4.49. The van der Waals surface area contributed by atoms with Crippen LogP contribution < -0.4 is 10.5 Å². The second-order valence-electron chi connectivity index (χ2n) is 4.04. The van der Waals surface area contributed by atoms with Gasteiger partial charge in [0, 0.05) is 11.6 Å². The number of fused-ring (bicyclic) bond motifs is 1. The number of hydrogen-bond acceptors (Lipinski definition) is 5. The first-order chi connectivity index (χ1) is 9.75. The van der Waals surface area contributed by atoms with Gasteiger partial charge < -0.3 is 10.5 Å². The molecule has 5 nitrogen and oxygen atoms in total. The Morgan fingerprint density at radius 1 is 1.10 bits per heavy atom. The third-order valence-corrected chi connectivity index (χ3v) is 2.98. The summed E-state index contributed by atoms with van der Waals surface area (Å²) in [6.07, 6.45) is 3.25. The molecule has 98 valence electrons. The highest BCUT2D eigenvalue weighted by atomic mass is 32.1. The summed E-state index contributed by atoms with van der Waals surface area (Å²) >= 11 is 4.98. The second-order valence-corrected chi connectivity index (χ2v) is 4.48. The molecular weight excluding hydrogens is 272 g/mol. The predicted molar refractivity (Wildman–Crippen MR) is 79.7 cm³/mol. The molecule has 6 heteroatoms. The number of pyridine rings is 1. The average molecular weight is 282 g/mol. The van der Waals surface area contributed by atoms with E-state index in [0.29, 0.717) is 11.3 Å². The fraction of sp³-hybridized carbons (Fsp3) is 0. The first kappa shape index (κ1) is 12.4. The van der Waals surface area contributed by atoms with E-state index in [2.05, 4.69) is 15.2 Å². The van der Waals surface area contributed by atoms with Crippen LogP contribution in [0.1, 0.15) is 5.56 Å². The van der Waals surface area contributed by atoms with Crippen molar-refractivity contribution >= 4 is 28.1 Å². The van der Waals surface area contributed by atoms with Crippen LogP contribution in [0.5, 0.6) is 11.6 Å². The minimum atomic E-state index is 0.216. The van der Waals surface area contributed by atoms with Crippen molar-refractivity contribution in [1.29, 1.82) is 0 Å². The molecule has 0 saturated heterocycles. The minimum absolute atomic E-state index is 0.216. The van der Waals surface area contributed by atoms with Crippen molar-refractivity contribution in [3.8, 4) is 11.6 Å². The van der Waals surface area contributed by atoms with E-state index in [1.54, 1.807) is 12.3 Å². The van der Waals surface area contributed by atoms with Gasteiger partial charge in [-0.25, -0.2) is 0 Å². The molecule has 3 rings (SSSR count). The minimum Gasteiger partial charge on any atom is -0.436 e. The van der Waals surface area contributed by atoms with Crippen LogP contribution in [0, 0.1) is 0 Å². The topological polar surface area (TPSA) is 73.9 Å². The molecular formula is C14H10N4OS. The van der Waals surface area contributed by atoms with Gasteiger partial charge in [0.2, 0.25) is 5.88 Å². The van der Waals surface area contributed by atoms with Gasteiger partial charge in [-0.2, -0.15) is 5.10 Å². The lowest BCUT2D eigenvalue weighted by Gasteiger charge is -2.09. The van der Waals surface area contributed by atoms with Crippen molar-refractivity contribution in [2.24, 2.45) is 5.73 Å². The Morgan fingerprint density at radius 2 is 2.00 bits per heavy atom. The van der Waals surface area contributed by atoms with Gasteiger partial charge in [0.15, 0.2) is 0 Å². The maximum atomic E-state index is 5.80. The Morgan fingerprint density at radius 3 is 2.85 bits per heavy atom. The van der Waals surface area contributed by atoms with E-state index in [1.807, 2.05) is 30.3 Å². The van der Waals surface area contributed by atoms with Crippen LogP contribution in [0.15, 0.2) is 48.8 Å². The molecule has 2 aromatic heterocycles. The summed E-state index contributed by atoms with van der Waals surface area (Å²) in [5.41, 5.74) is 7.04. The zero-order chi connectivity index (χ0) is 13.9. The van der Waals surface area contributed by atoms with Gasteiger partial charge in [-0.15, -0.1) is 5.10 Å². The molecule has 0 fully saturated rings.